The molecule has 2 N–H and O–H groups in total. The highest BCUT2D eigenvalue weighted by molar-refractivity contribution is 6.01. The molecule has 32 heavy (non-hydrogen) atoms. The Kier molecular flexibility index (Phi) is 5.65. The van der Waals surface area contributed by atoms with Crippen molar-refractivity contribution < 1.29 is 34.1 Å². The van der Waals surface area contributed by atoms with Crippen molar-refractivity contribution in [1.29, 1.82) is 0 Å². The minimum Gasteiger partial charge on any atom is -0.435 e. The van der Waals surface area contributed by atoms with E-state index in [9.17, 15) is 24.6 Å². The molecule has 0 aliphatic heterocycles. The molecule has 4 aliphatic rings. The number of Topliss-reactive ketones (excluding diaryl/α,β-unsaturated/α-hetero) is 1. The first kappa shape index (κ1) is 23.2. The summed E-state index contributed by atoms with van der Waals surface area (Å²) in [6.07, 6.45) is 6.08. The number of fused-ring (bicyclic) bond motifs is 5. The fourth-order valence-electron chi connectivity index (χ4n) is 7.65. The maximum Gasteiger partial charge on any atom is 0.508 e. The first-order chi connectivity index (χ1) is 15.0. The highest BCUT2D eigenvalue weighted by Crippen LogP contribution is 2.68. The zero-order chi connectivity index (χ0) is 23.5. The van der Waals surface area contributed by atoms with Crippen molar-refractivity contribution >= 4 is 17.7 Å². The lowest BCUT2D eigenvalue weighted by molar-refractivity contribution is -0.184. The van der Waals surface area contributed by atoms with Crippen LogP contribution in [0.5, 0.6) is 0 Å². The molecule has 0 aromatic rings. The molecule has 2 unspecified atom stereocenters. The highest BCUT2D eigenvalue weighted by atomic mass is 16.7. The molecule has 4 aliphatic carbocycles. The van der Waals surface area contributed by atoms with Crippen LogP contribution in [0.1, 0.15) is 53.4 Å². The maximum atomic E-state index is 13.2. The minimum atomic E-state index is -1.70. The van der Waals surface area contributed by atoms with Gasteiger partial charge in [-0.1, -0.05) is 32.4 Å². The van der Waals surface area contributed by atoms with E-state index in [1.165, 1.54) is 0 Å². The molecule has 3 saturated carbocycles. The molecule has 8 atom stereocenters. The summed E-state index contributed by atoms with van der Waals surface area (Å²) in [5, 5.41) is 23.2. The fraction of sp³-hybridized carbons (Fsp3) is 0.720. The lowest BCUT2D eigenvalue weighted by Gasteiger charge is -2.59. The van der Waals surface area contributed by atoms with Gasteiger partial charge >= 0.3 is 6.16 Å². The summed E-state index contributed by atoms with van der Waals surface area (Å²) >= 11 is 0. The average Bonchev–Trinajstić information content (AvgIpc) is 2.93. The van der Waals surface area contributed by atoms with Crippen LogP contribution in [0.3, 0.4) is 0 Å². The van der Waals surface area contributed by atoms with E-state index in [1.807, 2.05) is 19.9 Å². The Morgan fingerprint density at radius 1 is 1.25 bits per heavy atom. The summed E-state index contributed by atoms with van der Waals surface area (Å²) in [5.41, 5.74) is -1.88. The smallest absolute Gasteiger partial charge is 0.435 e. The number of rotatable bonds is 4. The van der Waals surface area contributed by atoms with Gasteiger partial charge in [0.1, 0.15) is 5.60 Å². The standard InChI is InChI=1S/C25H34O7/c1-5-31-22(29)32-13-20(28)25(30)14(2)10-18-17-7-6-15-11-16(26)8-9-23(15,3)21(17)19(27)12-24(18,25)4/h8-9,11,14,17-19,21,27,30H,5-7,10,12-13H2,1-4H3/t14-,17?,18-,19-,21?,23-,24-,25-/m0/s1. The molecule has 0 saturated heterocycles. The Labute approximate surface area is 188 Å². The van der Waals surface area contributed by atoms with Crippen LogP contribution in [0.25, 0.3) is 0 Å². The van der Waals surface area contributed by atoms with Gasteiger partial charge in [0.05, 0.1) is 12.7 Å². The number of carbonyl (C=O) groups excluding carboxylic acids is 3. The number of carbonyl (C=O) groups is 3. The first-order valence-corrected chi connectivity index (χ1v) is 11.7. The number of ether oxygens (including phenoxy) is 2. The number of hydrogen-bond acceptors (Lipinski definition) is 7. The van der Waals surface area contributed by atoms with Crippen LogP contribution in [0.4, 0.5) is 4.79 Å². The maximum absolute atomic E-state index is 13.2. The molecule has 0 aromatic carbocycles. The molecule has 3 fully saturated rings. The SMILES string of the molecule is CCOC(=O)OCC(=O)[C@@]1(O)[C@@H](C)C[C@H]2C3CCC4=CC(=O)C=C[C@]4(C)C3[C@@H](O)C[C@@]21C. The second-order valence-electron chi connectivity index (χ2n) is 10.5. The summed E-state index contributed by atoms with van der Waals surface area (Å²) in [6, 6.07) is 0. The first-order valence-electron chi connectivity index (χ1n) is 11.7. The molecule has 7 nitrogen and oxygen atoms in total. The number of ketones is 2. The van der Waals surface area contributed by atoms with Crippen LogP contribution in [0, 0.1) is 34.5 Å². The summed E-state index contributed by atoms with van der Waals surface area (Å²) in [4.78, 5) is 36.8. The third-order valence-corrected chi connectivity index (χ3v) is 9.09. The van der Waals surface area contributed by atoms with E-state index in [4.69, 9.17) is 9.47 Å². The molecule has 4 rings (SSSR count). The number of aliphatic hydroxyl groups is 2. The van der Waals surface area contributed by atoms with Crippen LogP contribution in [0.2, 0.25) is 0 Å². The summed E-state index contributed by atoms with van der Waals surface area (Å²) in [5.74, 6) is -0.826. The highest BCUT2D eigenvalue weighted by Gasteiger charge is 2.70. The van der Waals surface area contributed by atoms with E-state index >= 15 is 0 Å². The zero-order valence-corrected chi connectivity index (χ0v) is 19.3. The molecule has 176 valence electrons. The molecule has 0 amide bonds. The van der Waals surface area contributed by atoms with Crippen LogP contribution in [0.15, 0.2) is 23.8 Å². The Bertz CT molecular complexity index is 891. The molecular weight excluding hydrogens is 412 g/mol. The Morgan fingerprint density at radius 2 is 1.97 bits per heavy atom. The lowest BCUT2D eigenvalue weighted by atomic mass is 9.46. The van der Waals surface area contributed by atoms with Gasteiger partial charge in [-0.25, -0.2) is 4.79 Å². The molecular formula is C25H34O7. The van der Waals surface area contributed by atoms with Crippen molar-refractivity contribution in [2.45, 2.75) is 65.1 Å². The van der Waals surface area contributed by atoms with E-state index in [2.05, 4.69) is 6.92 Å². The van der Waals surface area contributed by atoms with Crippen molar-refractivity contribution in [3.05, 3.63) is 23.8 Å². The molecule has 0 radical (unpaired) electrons. The Hall–Kier alpha value is -1.99. The molecule has 0 spiro atoms. The van der Waals surface area contributed by atoms with E-state index in [0.717, 1.165) is 18.4 Å². The van der Waals surface area contributed by atoms with Crippen LogP contribution < -0.4 is 0 Å². The van der Waals surface area contributed by atoms with Crippen LogP contribution in [-0.4, -0.2) is 52.9 Å². The van der Waals surface area contributed by atoms with Crippen molar-refractivity contribution in [1.82, 2.24) is 0 Å². The van der Waals surface area contributed by atoms with Gasteiger partial charge in [-0.3, -0.25) is 9.59 Å². The number of allylic oxidation sites excluding steroid dienone is 4. The zero-order valence-electron chi connectivity index (χ0n) is 19.3. The van der Waals surface area contributed by atoms with Crippen molar-refractivity contribution in [2.75, 3.05) is 13.2 Å². The van der Waals surface area contributed by atoms with Gasteiger partial charge < -0.3 is 19.7 Å². The van der Waals surface area contributed by atoms with Gasteiger partial charge in [-0.05, 0) is 62.5 Å². The fourth-order valence-corrected chi connectivity index (χ4v) is 7.65. The summed E-state index contributed by atoms with van der Waals surface area (Å²) in [7, 11) is 0. The van der Waals surface area contributed by atoms with Crippen LogP contribution >= 0.6 is 0 Å². The average molecular weight is 447 g/mol. The summed E-state index contributed by atoms with van der Waals surface area (Å²) in [6.45, 7) is 7.08. The van der Waals surface area contributed by atoms with Gasteiger partial charge in [0.2, 0.25) is 5.78 Å². The number of hydrogen-bond donors (Lipinski definition) is 2. The largest absolute Gasteiger partial charge is 0.508 e. The van der Waals surface area contributed by atoms with E-state index < -0.39 is 41.1 Å². The predicted octanol–water partition coefficient (Wildman–Crippen LogP) is 2.98. The molecule has 0 heterocycles. The molecule has 0 bridgehead atoms. The van der Waals surface area contributed by atoms with Crippen molar-refractivity contribution in [3.8, 4) is 0 Å². The Balaban J connectivity index is 1.64. The van der Waals surface area contributed by atoms with Gasteiger partial charge in [0, 0.05) is 16.7 Å². The molecule has 0 aromatic heterocycles. The van der Waals surface area contributed by atoms with Crippen molar-refractivity contribution in [2.24, 2.45) is 34.5 Å². The number of aliphatic hydroxyl groups excluding tert-OH is 1. The van der Waals surface area contributed by atoms with Crippen LogP contribution in [-0.2, 0) is 19.1 Å². The van der Waals surface area contributed by atoms with Gasteiger partial charge in [0.15, 0.2) is 12.4 Å². The topological polar surface area (TPSA) is 110 Å². The predicted molar refractivity (Wildman–Crippen MR) is 115 cm³/mol. The van der Waals surface area contributed by atoms with E-state index in [-0.39, 0.29) is 42.5 Å². The lowest BCUT2D eigenvalue weighted by Crippen LogP contribution is -2.62. The second-order valence-corrected chi connectivity index (χ2v) is 10.5. The second kappa shape index (κ2) is 7.80. The normalized spacial score (nSPS) is 44.8. The Morgan fingerprint density at radius 3 is 2.66 bits per heavy atom. The third-order valence-electron chi connectivity index (χ3n) is 9.09. The van der Waals surface area contributed by atoms with E-state index in [0.29, 0.717) is 6.42 Å². The molecule has 7 heteroatoms. The third kappa shape index (κ3) is 3.11. The van der Waals surface area contributed by atoms with Crippen molar-refractivity contribution in [3.63, 3.8) is 0 Å². The van der Waals surface area contributed by atoms with E-state index in [1.54, 1.807) is 19.1 Å². The van der Waals surface area contributed by atoms with Gasteiger partial charge in [0.25, 0.3) is 0 Å². The quantitative estimate of drug-likeness (QED) is 0.639. The summed E-state index contributed by atoms with van der Waals surface area (Å²) < 4.78 is 9.68. The monoisotopic (exact) mass is 446 g/mol. The van der Waals surface area contributed by atoms with Gasteiger partial charge in [-0.2, -0.15) is 0 Å². The van der Waals surface area contributed by atoms with Gasteiger partial charge in [-0.15, -0.1) is 0 Å². The minimum absolute atomic E-state index is 0.0119.